The van der Waals surface area contributed by atoms with Crippen molar-refractivity contribution >= 4 is 11.8 Å². The second-order valence-electron chi connectivity index (χ2n) is 3.96. The van der Waals surface area contributed by atoms with Crippen LogP contribution in [0.2, 0.25) is 0 Å². The molecule has 2 heteroatoms. The van der Waals surface area contributed by atoms with Crippen molar-refractivity contribution in [2.45, 2.75) is 39.4 Å². The molecule has 12 heavy (non-hydrogen) atoms. The minimum atomic E-state index is 0.754. The highest BCUT2D eigenvalue weighted by atomic mass is 32.2. The van der Waals surface area contributed by atoms with Crippen molar-refractivity contribution in [2.75, 3.05) is 12.3 Å². The smallest absolute Gasteiger partial charge is 0.000958 e. The van der Waals surface area contributed by atoms with Gasteiger partial charge in [0, 0.05) is 0 Å². The van der Waals surface area contributed by atoms with Gasteiger partial charge in [-0.2, -0.15) is 11.8 Å². The lowest BCUT2D eigenvalue weighted by Crippen LogP contribution is -2.17. The summed E-state index contributed by atoms with van der Waals surface area (Å²) >= 11 is 2.05. The van der Waals surface area contributed by atoms with Crippen LogP contribution in [0.1, 0.15) is 34.1 Å². The van der Waals surface area contributed by atoms with Gasteiger partial charge in [-0.1, -0.05) is 27.7 Å². The van der Waals surface area contributed by atoms with E-state index in [0.717, 1.165) is 23.6 Å². The molecule has 1 nitrogen and oxygen atoms in total. The van der Waals surface area contributed by atoms with E-state index in [9.17, 15) is 0 Å². The fourth-order valence-corrected chi connectivity index (χ4v) is 2.32. The van der Waals surface area contributed by atoms with Crippen molar-refractivity contribution < 1.29 is 0 Å². The summed E-state index contributed by atoms with van der Waals surface area (Å²) in [4.78, 5) is 0. The molecular weight excluding hydrogens is 166 g/mol. The lowest BCUT2D eigenvalue weighted by molar-refractivity contribution is 0.404. The summed E-state index contributed by atoms with van der Waals surface area (Å²) in [5.74, 6) is 2.86. The molecule has 0 saturated heterocycles. The fourth-order valence-electron chi connectivity index (χ4n) is 1.14. The van der Waals surface area contributed by atoms with E-state index in [1.807, 2.05) is 0 Å². The topological polar surface area (TPSA) is 26.0 Å². The summed E-state index contributed by atoms with van der Waals surface area (Å²) in [6.07, 6.45) is 1.18. The van der Waals surface area contributed by atoms with Crippen LogP contribution in [-0.4, -0.2) is 17.5 Å². The lowest BCUT2D eigenvalue weighted by atomic mass is 9.95. The standard InChI is InChI=1S/C10H23NS/c1-8(2)10(5-6-11)7-12-9(3)4/h8-10H,5-7,11H2,1-4H3. The molecule has 1 unspecified atom stereocenters. The van der Waals surface area contributed by atoms with Gasteiger partial charge in [-0.15, -0.1) is 0 Å². The summed E-state index contributed by atoms with van der Waals surface area (Å²) < 4.78 is 0. The molecular formula is C10H23NS. The number of nitrogens with two attached hydrogens (primary N) is 1. The number of hydrogen-bond donors (Lipinski definition) is 1. The zero-order valence-electron chi connectivity index (χ0n) is 8.84. The zero-order valence-corrected chi connectivity index (χ0v) is 9.66. The van der Waals surface area contributed by atoms with Crippen molar-refractivity contribution in [3.8, 4) is 0 Å². The Kier molecular flexibility index (Phi) is 6.96. The third-order valence-corrected chi connectivity index (χ3v) is 3.41. The van der Waals surface area contributed by atoms with E-state index in [-0.39, 0.29) is 0 Å². The summed E-state index contributed by atoms with van der Waals surface area (Å²) in [5.41, 5.74) is 5.56. The quantitative estimate of drug-likeness (QED) is 0.695. The average molecular weight is 189 g/mol. The zero-order chi connectivity index (χ0) is 9.56. The lowest BCUT2D eigenvalue weighted by Gasteiger charge is -2.20. The van der Waals surface area contributed by atoms with Crippen LogP contribution in [0.5, 0.6) is 0 Å². The highest BCUT2D eigenvalue weighted by Gasteiger charge is 2.12. The van der Waals surface area contributed by atoms with Gasteiger partial charge in [-0.3, -0.25) is 0 Å². The molecule has 0 aromatic heterocycles. The number of hydrogen-bond acceptors (Lipinski definition) is 2. The SMILES string of the molecule is CC(C)SCC(CCN)C(C)C. The van der Waals surface area contributed by atoms with E-state index in [4.69, 9.17) is 5.73 Å². The van der Waals surface area contributed by atoms with Crippen LogP contribution in [0.25, 0.3) is 0 Å². The van der Waals surface area contributed by atoms with Gasteiger partial charge in [-0.25, -0.2) is 0 Å². The van der Waals surface area contributed by atoms with Crippen LogP contribution in [0.3, 0.4) is 0 Å². The third kappa shape index (κ3) is 5.90. The third-order valence-electron chi connectivity index (χ3n) is 2.12. The first-order valence-electron chi connectivity index (χ1n) is 4.89. The van der Waals surface area contributed by atoms with Crippen LogP contribution in [-0.2, 0) is 0 Å². The first-order valence-corrected chi connectivity index (χ1v) is 5.94. The molecule has 0 aliphatic heterocycles. The molecule has 0 radical (unpaired) electrons. The van der Waals surface area contributed by atoms with Gasteiger partial charge < -0.3 is 5.73 Å². The highest BCUT2D eigenvalue weighted by molar-refractivity contribution is 7.99. The predicted molar refractivity (Wildman–Crippen MR) is 59.6 cm³/mol. The van der Waals surface area contributed by atoms with Crippen LogP contribution in [0.4, 0.5) is 0 Å². The Labute approximate surface area is 81.5 Å². The van der Waals surface area contributed by atoms with E-state index in [0.29, 0.717) is 0 Å². The summed E-state index contributed by atoms with van der Waals surface area (Å²) in [7, 11) is 0. The molecule has 0 aliphatic rings. The van der Waals surface area contributed by atoms with Gasteiger partial charge in [0.1, 0.15) is 0 Å². The molecule has 0 fully saturated rings. The van der Waals surface area contributed by atoms with Crippen molar-refractivity contribution in [3.05, 3.63) is 0 Å². The molecule has 0 amide bonds. The molecule has 0 aliphatic carbocycles. The molecule has 0 saturated carbocycles. The Morgan fingerprint density at radius 2 is 1.75 bits per heavy atom. The molecule has 0 spiro atoms. The molecule has 0 heterocycles. The van der Waals surface area contributed by atoms with Gasteiger partial charge in [-0.05, 0) is 35.8 Å². The molecule has 2 N–H and O–H groups in total. The van der Waals surface area contributed by atoms with E-state index in [2.05, 4.69) is 39.5 Å². The van der Waals surface area contributed by atoms with Crippen LogP contribution >= 0.6 is 11.8 Å². The summed E-state index contributed by atoms with van der Waals surface area (Å²) in [5, 5.41) is 0.754. The van der Waals surface area contributed by atoms with Gasteiger partial charge in [0.05, 0.1) is 0 Å². The minimum absolute atomic E-state index is 0.754. The Morgan fingerprint density at radius 3 is 2.08 bits per heavy atom. The molecule has 74 valence electrons. The van der Waals surface area contributed by atoms with Crippen LogP contribution in [0.15, 0.2) is 0 Å². The molecule has 1 atom stereocenters. The first-order chi connectivity index (χ1) is 5.57. The Bertz CT molecular complexity index is 102. The molecule has 0 bridgehead atoms. The maximum Gasteiger partial charge on any atom is -0.000958 e. The van der Waals surface area contributed by atoms with Crippen molar-refractivity contribution in [1.29, 1.82) is 0 Å². The largest absolute Gasteiger partial charge is 0.330 e. The maximum absolute atomic E-state index is 5.56. The van der Waals surface area contributed by atoms with Gasteiger partial charge >= 0.3 is 0 Å². The Morgan fingerprint density at radius 1 is 1.17 bits per heavy atom. The van der Waals surface area contributed by atoms with Gasteiger partial charge in [0.15, 0.2) is 0 Å². The van der Waals surface area contributed by atoms with Crippen molar-refractivity contribution in [1.82, 2.24) is 0 Å². The summed E-state index contributed by atoms with van der Waals surface area (Å²) in [6.45, 7) is 9.93. The number of rotatable bonds is 6. The molecule has 0 aromatic carbocycles. The Hall–Kier alpha value is 0.310. The van der Waals surface area contributed by atoms with Crippen molar-refractivity contribution in [3.63, 3.8) is 0 Å². The van der Waals surface area contributed by atoms with Gasteiger partial charge in [0.25, 0.3) is 0 Å². The first kappa shape index (κ1) is 12.3. The Balaban J connectivity index is 3.63. The van der Waals surface area contributed by atoms with Crippen LogP contribution in [0, 0.1) is 11.8 Å². The monoisotopic (exact) mass is 189 g/mol. The predicted octanol–water partition coefficient (Wildman–Crippen LogP) is 2.75. The fraction of sp³-hybridized carbons (Fsp3) is 1.00. The molecule has 0 aromatic rings. The minimum Gasteiger partial charge on any atom is -0.330 e. The second-order valence-corrected chi connectivity index (χ2v) is 5.57. The maximum atomic E-state index is 5.56. The van der Waals surface area contributed by atoms with E-state index in [1.54, 1.807) is 0 Å². The normalized spacial score (nSPS) is 14.2. The number of thioether (sulfide) groups is 1. The average Bonchev–Trinajstić information content (AvgIpc) is 1.96. The van der Waals surface area contributed by atoms with E-state index in [1.165, 1.54) is 12.2 Å². The highest BCUT2D eigenvalue weighted by Crippen LogP contribution is 2.22. The van der Waals surface area contributed by atoms with Gasteiger partial charge in [0.2, 0.25) is 0 Å². The van der Waals surface area contributed by atoms with Crippen LogP contribution < -0.4 is 5.73 Å². The second kappa shape index (κ2) is 6.79. The van der Waals surface area contributed by atoms with E-state index < -0.39 is 0 Å². The molecule has 0 rings (SSSR count). The van der Waals surface area contributed by atoms with E-state index >= 15 is 0 Å². The van der Waals surface area contributed by atoms with Crippen molar-refractivity contribution in [2.24, 2.45) is 17.6 Å². The summed E-state index contributed by atoms with van der Waals surface area (Å²) in [6, 6.07) is 0.